The van der Waals surface area contributed by atoms with Crippen LogP contribution in [0.5, 0.6) is 0 Å². The Hall–Kier alpha value is 1.83. The van der Waals surface area contributed by atoms with Gasteiger partial charge in [0.05, 0.1) is 0 Å². The molecule has 1 fully saturated rings. The fourth-order valence-electron chi connectivity index (χ4n) is 2.06. The molecule has 0 aromatic heterocycles. The fraction of sp³-hybridized carbons (Fsp3) is 0.250. The first-order valence-corrected chi connectivity index (χ1v) is 9.72. The molecule has 0 unspecified atom stereocenters. The van der Waals surface area contributed by atoms with E-state index in [2.05, 4.69) is 10.6 Å². The molecular weight excluding hydrogens is 530 g/mol. The van der Waals surface area contributed by atoms with Gasteiger partial charge in [-0.15, -0.1) is 0 Å². The summed E-state index contributed by atoms with van der Waals surface area (Å²) in [7, 11) is -10.8. The van der Waals surface area contributed by atoms with E-state index < -0.39 is 38.9 Å². The Morgan fingerprint density at radius 1 is 0.767 bits per heavy atom. The van der Waals surface area contributed by atoms with Crippen LogP contribution in [-0.4, -0.2) is 131 Å². The standard InChI is InChI=1S/C12H12N2O3.3Ca.2H3O4P/c1-2-12(8-6-4-3-5-7-8)9(15)13-11(17)14-10(12)16;;;;2*1-5(2,3)4/h3-7H,2H2,1H3,(H2,13,14,15,16,17);;;;2*(H3,1,2,3,4)/q;3*+2;;/p-6. The van der Waals surface area contributed by atoms with Gasteiger partial charge in [0.15, 0.2) is 5.41 Å². The summed E-state index contributed by atoms with van der Waals surface area (Å²) in [6, 6.07) is 7.96. The van der Waals surface area contributed by atoms with Crippen LogP contribution in [-0.2, 0) is 24.1 Å². The average molecular weight is 542 g/mol. The van der Waals surface area contributed by atoms with Gasteiger partial charge in [-0.25, -0.2) is 4.79 Å². The van der Waals surface area contributed by atoms with E-state index in [9.17, 15) is 14.4 Å². The monoisotopic (exact) mass is 542 g/mol. The summed E-state index contributed by atoms with van der Waals surface area (Å²) in [5.74, 6) is -1.14. The Morgan fingerprint density at radius 2 is 1.07 bits per heavy atom. The van der Waals surface area contributed by atoms with Crippen molar-refractivity contribution >= 4 is 147 Å². The molecule has 2 rings (SSSR count). The molecule has 1 aromatic carbocycles. The second-order valence-corrected chi connectivity index (χ2v) is 6.55. The van der Waals surface area contributed by atoms with Crippen LogP contribution in [0.3, 0.4) is 0 Å². The van der Waals surface area contributed by atoms with Gasteiger partial charge in [-0.1, -0.05) is 37.3 Å². The van der Waals surface area contributed by atoms with Crippen LogP contribution < -0.4 is 40.0 Å². The van der Waals surface area contributed by atoms with Gasteiger partial charge in [-0.3, -0.25) is 20.2 Å². The number of barbiturate groups is 1. The van der Waals surface area contributed by atoms with Crippen molar-refractivity contribution in [3.63, 3.8) is 0 Å². The predicted octanol–water partition coefficient (Wildman–Crippen LogP) is -6.09. The summed E-state index contributed by atoms with van der Waals surface area (Å²) in [5.41, 5.74) is -0.722. The summed E-state index contributed by atoms with van der Waals surface area (Å²) in [4.78, 5) is 86.3. The molecule has 0 radical (unpaired) electrons. The van der Waals surface area contributed by atoms with Crippen LogP contribution >= 0.6 is 15.6 Å². The van der Waals surface area contributed by atoms with Gasteiger partial charge in [0, 0.05) is 0 Å². The third kappa shape index (κ3) is 16.4. The molecule has 0 spiro atoms. The number of carbonyl (C=O) groups is 3. The number of imide groups is 2. The van der Waals surface area contributed by atoms with Crippen molar-refractivity contribution in [2.75, 3.05) is 0 Å². The van der Waals surface area contributed by atoms with E-state index in [-0.39, 0.29) is 113 Å². The predicted molar refractivity (Wildman–Crippen MR) is 92.6 cm³/mol. The minimum Gasteiger partial charge on any atom is -0.822 e. The Balaban J connectivity index is -0.000000222. The van der Waals surface area contributed by atoms with Gasteiger partial charge < -0.3 is 38.5 Å². The number of carbonyl (C=O) groups excluding carboxylic acids is 3. The molecule has 4 amide bonds. The van der Waals surface area contributed by atoms with E-state index in [0.717, 1.165) is 0 Å². The number of hydrogen-bond donors (Lipinski definition) is 2. The van der Waals surface area contributed by atoms with E-state index in [0.29, 0.717) is 12.0 Å². The number of nitrogens with one attached hydrogen (secondary N) is 2. The molecule has 30 heavy (non-hydrogen) atoms. The van der Waals surface area contributed by atoms with Crippen LogP contribution in [0.4, 0.5) is 4.79 Å². The number of benzene rings is 1. The topological polar surface area (TPSA) is 248 Å². The van der Waals surface area contributed by atoms with Gasteiger partial charge in [0.25, 0.3) is 0 Å². The molecule has 13 nitrogen and oxygen atoms in total. The number of phosphoric acid groups is 2. The Kier molecular flexibility index (Phi) is 22.5. The summed E-state index contributed by atoms with van der Waals surface area (Å²) >= 11 is 0. The Morgan fingerprint density at radius 3 is 1.33 bits per heavy atom. The van der Waals surface area contributed by atoms with Crippen LogP contribution in [0.25, 0.3) is 0 Å². The minimum absolute atomic E-state index is 0. The van der Waals surface area contributed by atoms with Crippen molar-refractivity contribution in [2.24, 2.45) is 0 Å². The molecule has 152 valence electrons. The van der Waals surface area contributed by atoms with E-state index in [1.165, 1.54) is 0 Å². The number of urea groups is 1. The molecule has 1 aliphatic heterocycles. The van der Waals surface area contributed by atoms with Crippen LogP contribution in [0.1, 0.15) is 18.9 Å². The van der Waals surface area contributed by atoms with Crippen molar-refractivity contribution in [3.8, 4) is 0 Å². The maximum Gasteiger partial charge on any atom is 2.00 e. The molecule has 1 saturated heterocycles. The zero-order valence-electron chi connectivity index (χ0n) is 15.6. The molecule has 0 atom stereocenters. The number of amides is 4. The van der Waals surface area contributed by atoms with Crippen molar-refractivity contribution < 1.29 is 52.9 Å². The van der Waals surface area contributed by atoms with Gasteiger partial charge in [0.2, 0.25) is 11.8 Å². The molecule has 1 aliphatic rings. The second kappa shape index (κ2) is 17.3. The second-order valence-electron chi connectivity index (χ2n) is 4.76. The van der Waals surface area contributed by atoms with Gasteiger partial charge in [-0.05, 0) is 12.0 Å². The smallest absolute Gasteiger partial charge is 0.822 e. The van der Waals surface area contributed by atoms with Crippen molar-refractivity contribution in [2.45, 2.75) is 18.8 Å². The number of hydrogen-bond acceptors (Lipinski definition) is 11. The maximum atomic E-state index is 12.0. The number of rotatable bonds is 2. The van der Waals surface area contributed by atoms with Crippen molar-refractivity contribution in [1.82, 2.24) is 10.6 Å². The Bertz CT molecular complexity index is 728. The first-order chi connectivity index (χ1) is 12.1. The molecule has 0 aliphatic carbocycles. The van der Waals surface area contributed by atoms with Crippen LogP contribution in [0.15, 0.2) is 30.3 Å². The Labute approximate surface area is 260 Å². The van der Waals surface area contributed by atoms with Gasteiger partial charge >= 0.3 is 119 Å². The average Bonchev–Trinajstić information content (AvgIpc) is 2.45. The van der Waals surface area contributed by atoms with E-state index in [1.807, 2.05) is 0 Å². The van der Waals surface area contributed by atoms with Crippen LogP contribution in [0.2, 0.25) is 0 Å². The largest absolute Gasteiger partial charge is 2.00 e. The molecule has 0 saturated carbocycles. The maximum absolute atomic E-state index is 12.0. The van der Waals surface area contributed by atoms with Crippen molar-refractivity contribution in [3.05, 3.63) is 35.9 Å². The normalized spacial score (nSPS) is 14.4. The quantitative estimate of drug-likeness (QED) is 0.202. The van der Waals surface area contributed by atoms with Crippen molar-refractivity contribution in [1.29, 1.82) is 0 Å². The van der Waals surface area contributed by atoms with E-state index >= 15 is 0 Å². The molecule has 2 N–H and O–H groups in total. The molecule has 1 aromatic rings. The van der Waals surface area contributed by atoms with Crippen LogP contribution in [0, 0.1) is 0 Å². The zero-order valence-corrected chi connectivity index (χ0v) is 24.0. The van der Waals surface area contributed by atoms with Gasteiger partial charge in [-0.2, -0.15) is 15.6 Å². The molecule has 0 bridgehead atoms. The van der Waals surface area contributed by atoms with Gasteiger partial charge in [0.1, 0.15) is 0 Å². The fourth-order valence-corrected chi connectivity index (χ4v) is 2.06. The third-order valence-electron chi connectivity index (χ3n) is 3.03. The minimum atomic E-state index is -5.39. The summed E-state index contributed by atoms with van der Waals surface area (Å²) in [6.07, 6.45) is 0.294. The van der Waals surface area contributed by atoms with E-state index in [1.54, 1.807) is 37.3 Å². The molecular formula is C12H12Ca3N2O11P2. The molecule has 18 heteroatoms. The summed E-state index contributed by atoms with van der Waals surface area (Å²) in [6.45, 7) is 1.74. The first-order valence-electron chi connectivity index (χ1n) is 6.79. The summed E-state index contributed by atoms with van der Waals surface area (Å²) < 4.78 is 17.1. The third-order valence-corrected chi connectivity index (χ3v) is 3.03. The summed E-state index contributed by atoms with van der Waals surface area (Å²) in [5, 5.41) is 4.28. The zero-order chi connectivity index (χ0) is 21.5. The SMILES string of the molecule is CCC1(c2ccccc2)C(=O)NC(=O)NC1=O.O=P([O-])([O-])[O-].O=P([O-])([O-])[O-].[Ca+2].[Ca+2].[Ca+2]. The first kappa shape index (κ1) is 39.1. The molecule has 1 heterocycles. The van der Waals surface area contributed by atoms with E-state index in [4.69, 9.17) is 38.5 Å².